The number of nitrogens with one attached hydrogen (secondary N) is 1. The van der Waals surface area contributed by atoms with Gasteiger partial charge in [-0.2, -0.15) is 0 Å². The minimum Gasteiger partial charge on any atom is -0.452 e. The molecule has 0 heterocycles. The fraction of sp³-hybridized carbons (Fsp3) is 0.312. The van der Waals surface area contributed by atoms with Crippen molar-refractivity contribution in [1.82, 2.24) is 0 Å². The summed E-state index contributed by atoms with van der Waals surface area (Å²) in [6.45, 7) is -4.58. The second kappa shape index (κ2) is 14.1. The molecule has 0 aliphatic carbocycles. The third-order valence-electron chi connectivity index (χ3n) is 3.01. The second-order valence-corrected chi connectivity index (χ2v) is 5.52. The van der Waals surface area contributed by atoms with E-state index in [1.807, 2.05) is 0 Å². The summed E-state index contributed by atoms with van der Waals surface area (Å²) in [5.74, 6) is -5.32. The summed E-state index contributed by atoms with van der Waals surface area (Å²) in [5.41, 5.74) is 0.223. The molecule has 0 fully saturated rings. The minimum absolute atomic E-state index is 0.00916. The Bertz CT molecular complexity index is 930. The lowest BCUT2D eigenvalue weighted by atomic mass is 10.3. The molecule has 0 saturated carbocycles. The van der Waals surface area contributed by atoms with Crippen LogP contribution >= 0.6 is 0 Å². The zero-order valence-electron chi connectivity index (χ0n) is 16.9. The predicted octanol–water partition coefficient (Wildman–Crippen LogP) is -1.42. The van der Waals surface area contributed by atoms with Gasteiger partial charge in [0.2, 0.25) is 5.91 Å². The monoisotopic (exact) mass is 489 g/mol. The normalized spacial score (nSPS) is 9.65. The van der Waals surface area contributed by atoms with Gasteiger partial charge in [0.05, 0.1) is 0 Å². The summed E-state index contributed by atoms with van der Waals surface area (Å²) < 4.78 is 18.1. The van der Waals surface area contributed by atoms with Crippen LogP contribution in [0.2, 0.25) is 0 Å². The summed E-state index contributed by atoms with van der Waals surface area (Å²) in [5, 5.41) is 19.8. The Labute approximate surface area is 187 Å². The Kier molecular flexibility index (Phi) is 11.2. The minimum atomic E-state index is -1.24. The maximum Gasteiger partial charge on any atom is 0.349 e. The number of hydrogen-bond acceptors (Lipinski definition) is 15. The summed E-state index contributed by atoms with van der Waals surface area (Å²) >= 11 is 0. The number of anilines is 1. The largest absolute Gasteiger partial charge is 0.452 e. The fourth-order valence-corrected chi connectivity index (χ4v) is 1.72. The van der Waals surface area contributed by atoms with Gasteiger partial charge < -0.3 is 33.9 Å². The van der Waals surface area contributed by atoms with E-state index in [9.17, 15) is 44.2 Å². The van der Waals surface area contributed by atoms with Gasteiger partial charge in [-0.25, -0.2) is 19.2 Å². The van der Waals surface area contributed by atoms with E-state index in [2.05, 4.69) is 29.2 Å². The topological polar surface area (TPSA) is 239 Å². The van der Waals surface area contributed by atoms with Crippen LogP contribution in [0.25, 0.3) is 0 Å². The standard InChI is InChI=1S/C16H15N3O15/c20-12(5-32-18(25)26)17-10-1-3-11(4-2-10)34-16(24)8-31-14(22)6-29-13(21)7-30-15(23)9-33-19(27)28/h1-4H,5-9H2,(H,17,20). The van der Waals surface area contributed by atoms with Gasteiger partial charge in [-0.05, 0) is 24.3 Å². The molecule has 0 bridgehead atoms. The predicted molar refractivity (Wildman–Crippen MR) is 99.5 cm³/mol. The molecule has 1 aromatic carbocycles. The molecule has 0 unspecified atom stereocenters. The molecule has 0 aliphatic rings. The van der Waals surface area contributed by atoms with Gasteiger partial charge >= 0.3 is 23.9 Å². The molecule has 18 heteroatoms. The molecule has 0 aromatic heterocycles. The van der Waals surface area contributed by atoms with Crippen LogP contribution in [0.3, 0.4) is 0 Å². The van der Waals surface area contributed by atoms with Crippen LogP contribution in [0.4, 0.5) is 5.69 Å². The van der Waals surface area contributed by atoms with Crippen LogP contribution in [0.1, 0.15) is 0 Å². The lowest BCUT2D eigenvalue weighted by molar-refractivity contribution is -0.754. The number of carbonyl (C=O) groups is 5. The van der Waals surface area contributed by atoms with E-state index in [1.54, 1.807) is 0 Å². The van der Waals surface area contributed by atoms with Gasteiger partial charge in [0.1, 0.15) is 5.75 Å². The third kappa shape index (κ3) is 12.6. The molecular weight excluding hydrogens is 474 g/mol. The van der Waals surface area contributed by atoms with Crippen molar-refractivity contribution in [3.05, 3.63) is 44.5 Å². The molecule has 0 aliphatic heterocycles. The maximum absolute atomic E-state index is 11.7. The van der Waals surface area contributed by atoms with Crippen LogP contribution in [0, 0.1) is 20.2 Å². The Balaban J connectivity index is 2.26. The number of hydrogen-bond donors (Lipinski definition) is 1. The van der Waals surface area contributed by atoms with Gasteiger partial charge in [0.15, 0.2) is 33.0 Å². The smallest absolute Gasteiger partial charge is 0.349 e. The van der Waals surface area contributed by atoms with Gasteiger partial charge in [0, 0.05) is 5.69 Å². The lowest BCUT2D eigenvalue weighted by Crippen LogP contribution is -2.25. The average Bonchev–Trinajstić information content (AvgIpc) is 2.78. The summed E-state index contributed by atoms with van der Waals surface area (Å²) in [6.07, 6.45) is 0. The first-order valence-corrected chi connectivity index (χ1v) is 8.67. The summed E-state index contributed by atoms with van der Waals surface area (Å²) in [4.78, 5) is 84.3. The van der Waals surface area contributed by atoms with E-state index in [0.29, 0.717) is 0 Å². The first kappa shape index (κ1) is 27.0. The van der Waals surface area contributed by atoms with Crippen molar-refractivity contribution in [2.24, 2.45) is 0 Å². The van der Waals surface area contributed by atoms with Crippen molar-refractivity contribution < 1.29 is 62.8 Å². The molecule has 18 nitrogen and oxygen atoms in total. The number of benzene rings is 1. The van der Waals surface area contributed by atoms with Gasteiger partial charge in [-0.3, -0.25) is 4.79 Å². The molecule has 0 atom stereocenters. The van der Waals surface area contributed by atoms with Crippen molar-refractivity contribution in [3.63, 3.8) is 0 Å². The molecule has 1 amide bonds. The van der Waals surface area contributed by atoms with Crippen molar-refractivity contribution in [1.29, 1.82) is 0 Å². The van der Waals surface area contributed by atoms with Gasteiger partial charge in [-0.1, -0.05) is 0 Å². The van der Waals surface area contributed by atoms with Gasteiger partial charge in [-0.15, -0.1) is 20.2 Å². The highest BCUT2D eigenvalue weighted by Crippen LogP contribution is 2.15. The molecule has 1 N–H and O–H groups in total. The molecule has 184 valence electrons. The highest BCUT2D eigenvalue weighted by atomic mass is 17.0. The molecule has 1 aromatic rings. The first-order valence-electron chi connectivity index (χ1n) is 8.67. The van der Waals surface area contributed by atoms with E-state index in [4.69, 9.17) is 4.74 Å². The van der Waals surface area contributed by atoms with Crippen LogP contribution in [-0.4, -0.2) is 73.0 Å². The van der Waals surface area contributed by atoms with Crippen LogP contribution in [0.15, 0.2) is 24.3 Å². The third-order valence-corrected chi connectivity index (χ3v) is 3.01. The highest BCUT2D eigenvalue weighted by Gasteiger charge is 2.15. The maximum atomic E-state index is 11.7. The SMILES string of the molecule is O=C(CO[N+](=O)[O-])Nc1ccc(OC(=O)COC(=O)COC(=O)COC(=O)CO[N+](=O)[O-])cc1. The Morgan fingerprint density at radius 2 is 1.12 bits per heavy atom. The molecule has 34 heavy (non-hydrogen) atoms. The molecule has 0 radical (unpaired) electrons. The van der Waals surface area contributed by atoms with E-state index in [1.165, 1.54) is 24.3 Å². The van der Waals surface area contributed by atoms with E-state index < -0.39 is 73.0 Å². The van der Waals surface area contributed by atoms with E-state index >= 15 is 0 Å². The number of nitrogens with zero attached hydrogens (tertiary/aromatic N) is 2. The van der Waals surface area contributed by atoms with Crippen molar-refractivity contribution in [3.8, 4) is 5.75 Å². The number of amides is 1. The van der Waals surface area contributed by atoms with E-state index in [-0.39, 0.29) is 11.4 Å². The second-order valence-electron chi connectivity index (χ2n) is 5.52. The molecule has 0 saturated heterocycles. The number of rotatable bonds is 14. The fourth-order valence-electron chi connectivity index (χ4n) is 1.72. The Hall–Kier alpha value is -5.03. The van der Waals surface area contributed by atoms with Crippen molar-refractivity contribution in [2.45, 2.75) is 0 Å². The molecule has 0 spiro atoms. The van der Waals surface area contributed by atoms with Crippen LogP contribution < -0.4 is 10.1 Å². The highest BCUT2D eigenvalue weighted by molar-refractivity contribution is 5.91. The molecular formula is C16H15N3O15. The van der Waals surface area contributed by atoms with Crippen molar-refractivity contribution >= 4 is 35.5 Å². The summed E-state index contributed by atoms with van der Waals surface area (Å²) in [7, 11) is 0. The first-order chi connectivity index (χ1) is 16.0. The zero-order chi connectivity index (χ0) is 25.5. The average molecular weight is 489 g/mol. The van der Waals surface area contributed by atoms with Crippen molar-refractivity contribution in [2.75, 3.05) is 38.4 Å². The Morgan fingerprint density at radius 3 is 1.62 bits per heavy atom. The quantitative estimate of drug-likeness (QED) is 0.104. The number of ether oxygens (including phenoxy) is 4. The van der Waals surface area contributed by atoms with E-state index in [0.717, 1.165) is 0 Å². The van der Waals surface area contributed by atoms with Crippen LogP contribution in [-0.2, 0) is 47.9 Å². The lowest BCUT2D eigenvalue weighted by Gasteiger charge is -2.08. The molecule has 1 rings (SSSR count). The van der Waals surface area contributed by atoms with Gasteiger partial charge in [0.25, 0.3) is 10.2 Å². The number of carbonyl (C=O) groups excluding carboxylic acids is 5. The summed E-state index contributed by atoms with van der Waals surface area (Å²) in [6, 6.07) is 5.16. The van der Waals surface area contributed by atoms with Crippen LogP contribution in [0.5, 0.6) is 5.75 Å². The zero-order valence-corrected chi connectivity index (χ0v) is 16.9. The number of esters is 4. The Morgan fingerprint density at radius 1 is 0.676 bits per heavy atom.